The Bertz CT molecular complexity index is 838. The molecule has 98 valence electrons. The maximum Gasteiger partial charge on any atom is 0.0161 e. The lowest BCUT2D eigenvalue weighted by molar-refractivity contribution is 0.656. The first-order valence-electron chi connectivity index (χ1n) is 7.23. The fourth-order valence-electron chi connectivity index (χ4n) is 3.92. The molecule has 0 bridgehead atoms. The summed E-state index contributed by atoms with van der Waals surface area (Å²) in [6.45, 7) is 6.92. The minimum atomic E-state index is 0.0973. The van der Waals surface area contributed by atoms with E-state index in [1.807, 2.05) is 0 Å². The molecule has 0 radical (unpaired) electrons. The van der Waals surface area contributed by atoms with Crippen molar-refractivity contribution in [2.24, 2.45) is 0 Å². The van der Waals surface area contributed by atoms with E-state index >= 15 is 0 Å². The van der Waals surface area contributed by atoms with Crippen LogP contribution >= 0.6 is 0 Å². The fraction of sp³-hybridized carbons (Fsp3) is 0.200. The maximum absolute atomic E-state index is 2.35. The quantitative estimate of drug-likeness (QED) is 0.502. The van der Waals surface area contributed by atoms with Crippen molar-refractivity contribution in [2.45, 2.75) is 26.2 Å². The lowest BCUT2D eigenvalue weighted by Gasteiger charge is -2.23. The van der Waals surface area contributed by atoms with E-state index in [-0.39, 0.29) is 5.41 Å². The van der Waals surface area contributed by atoms with Gasteiger partial charge in [0.15, 0.2) is 0 Å². The van der Waals surface area contributed by atoms with E-state index < -0.39 is 0 Å². The van der Waals surface area contributed by atoms with Gasteiger partial charge >= 0.3 is 0 Å². The maximum atomic E-state index is 2.35. The molecule has 3 aromatic rings. The SMILES string of the molecule is Cc1cccc2c1C(C)(C)c1ccc3ccccc3c1-2. The Morgan fingerprint density at radius 1 is 0.800 bits per heavy atom. The van der Waals surface area contributed by atoms with E-state index in [9.17, 15) is 0 Å². The normalized spacial score (nSPS) is 15.2. The molecule has 0 spiro atoms. The molecular weight excluding hydrogens is 240 g/mol. The lowest BCUT2D eigenvalue weighted by Crippen LogP contribution is -2.16. The first-order valence-corrected chi connectivity index (χ1v) is 7.23. The van der Waals surface area contributed by atoms with Gasteiger partial charge in [-0.05, 0) is 45.5 Å². The molecule has 0 atom stereocenters. The standard InChI is InChI=1S/C20H18/c1-13-7-6-10-16-18-15-9-5-4-8-14(15)11-12-17(18)20(2,3)19(13)16/h4-12H,1-3H3. The number of rotatable bonds is 0. The molecule has 0 saturated heterocycles. The minimum absolute atomic E-state index is 0.0973. The molecule has 0 nitrogen and oxygen atoms in total. The van der Waals surface area contributed by atoms with Gasteiger partial charge in [0, 0.05) is 5.41 Å². The average molecular weight is 258 g/mol. The predicted molar refractivity (Wildman–Crippen MR) is 86.2 cm³/mol. The molecule has 20 heavy (non-hydrogen) atoms. The Kier molecular flexibility index (Phi) is 2.18. The van der Waals surface area contributed by atoms with Gasteiger partial charge in [-0.1, -0.05) is 68.4 Å². The van der Waals surface area contributed by atoms with Gasteiger partial charge in [-0.2, -0.15) is 0 Å². The Balaban J connectivity index is 2.23. The number of aryl methyl sites for hydroxylation is 1. The molecule has 0 amide bonds. The topological polar surface area (TPSA) is 0 Å². The molecule has 3 aromatic carbocycles. The molecule has 0 N–H and O–H groups in total. The van der Waals surface area contributed by atoms with E-state index in [1.54, 1.807) is 0 Å². The van der Waals surface area contributed by atoms with Crippen LogP contribution in [0.4, 0.5) is 0 Å². The molecule has 0 aromatic heterocycles. The summed E-state index contributed by atoms with van der Waals surface area (Å²) in [4.78, 5) is 0. The highest BCUT2D eigenvalue weighted by Crippen LogP contribution is 2.52. The Morgan fingerprint density at radius 3 is 2.45 bits per heavy atom. The van der Waals surface area contributed by atoms with Crippen LogP contribution < -0.4 is 0 Å². The number of hydrogen-bond donors (Lipinski definition) is 0. The van der Waals surface area contributed by atoms with Gasteiger partial charge < -0.3 is 0 Å². The zero-order chi connectivity index (χ0) is 13.9. The molecule has 4 rings (SSSR count). The summed E-state index contributed by atoms with van der Waals surface area (Å²) in [5.41, 5.74) is 7.30. The van der Waals surface area contributed by atoms with Crippen LogP contribution in [0.3, 0.4) is 0 Å². The van der Waals surface area contributed by atoms with Crippen molar-refractivity contribution in [3.8, 4) is 11.1 Å². The zero-order valence-electron chi connectivity index (χ0n) is 12.2. The van der Waals surface area contributed by atoms with Gasteiger partial charge in [0.2, 0.25) is 0 Å². The van der Waals surface area contributed by atoms with Crippen LogP contribution in [0.15, 0.2) is 54.6 Å². The van der Waals surface area contributed by atoms with Crippen molar-refractivity contribution in [3.05, 3.63) is 71.3 Å². The van der Waals surface area contributed by atoms with Gasteiger partial charge in [0.25, 0.3) is 0 Å². The monoisotopic (exact) mass is 258 g/mol. The summed E-state index contributed by atoms with van der Waals surface area (Å²) in [6, 6.07) is 20.0. The van der Waals surface area contributed by atoms with Gasteiger partial charge in [-0.3, -0.25) is 0 Å². The van der Waals surface area contributed by atoms with Gasteiger partial charge in [0.1, 0.15) is 0 Å². The molecule has 0 fully saturated rings. The smallest absolute Gasteiger partial charge is 0.0161 e. The molecule has 0 heterocycles. The van der Waals surface area contributed by atoms with Gasteiger partial charge in [-0.25, -0.2) is 0 Å². The third kappa shape index (κ3) is 1.31. The van der Waals surface area contributed by atoms with E-state index in [0.717, 1.165) is 0 Å². The third-order valence-corrected chi connectivity index (χ3v) is 4.77. The summed E-state index contributed by atoms with van der Waals surface area (Å²) < 4.78 is 0. The highest BCUT2D eigenvalue weighted by atomic mass is 14.4. The number of hydrogen-bond acceptors (Lipinski definition) is 0. The lowest BCUT2D eigenvalue weighted by atomic mass is 9.80. The molecule has 0 heteroatoms. The van der Waals surface area contributed by atoms with Crippen molar-refractivity contribution in [1.29, 1.82) is 0 Å². The molecule has 0 saturated carbocycles. The number of fused-ring (bicyclic) bond motifs is 5. The highest BCUT2D eigenvalue weighted by Gasteiger charge is 2.37. The molecular formula is C20H18. The van der Waals surface area contributed by atoms with Crippen molar-refractivity contribution in [3.63, 3.8) is 0 Å². The predicted octanol–water partition coefficient (Wildman–Crippen LogP) is 5.45. The average Bonchev–Trinajstić information content (AvgIpc) is 2.69. The summed E-state index contributed by atoms with van der Waals surface area (Å²) in [6.07, 6.45) is 0. The summed E-state index contributed by atoms with van der Waals surface area (Å²) in [5.74, 6) is 0. The van der Waals surface area contributed by atoms with Crippen molar-refractivity contribution >= 4 is 10.8 Å². The second kappa shape index (κ2) is 3.73. The van der Waals surface area contributed by atoms with Crippen LogP contribution in [0.5, 0.6) is 0 Å². The van der Waals surface area contributed by atoms with E-state index in [0.29, 0.717) is 0 Å². The van der Waals surface area contributed by atoms with Crippen LogP contribution in [0.1, 0.15) is 30.5 Å². The Hall–Kier alpha value is -2.08. The first-order chi connectivity index (χ1) is 9.60. The van der Waals surface area contributed by atoms with E-state index in [2.05, 4.69) is 75.4 Å². The molecule has 0 aliphatic heterocycles. The van der Waals surface area contributed by atoms with Crippen LogP contribution in [-0.4, -0.2) is 0 Å². The van der Waals surface area contributed by atoms with E-state index in [4.69, 9.17) is 0 Å². The van der Waals surface area contributed by atoms with Crippen LogP contribution in [0, 0.1) is 6.92 Å². The Labute approximate surface area is 120 Å². The molecule has 1 aliphatic rings. The second-order valence-corrected chi connectivity index (χ2v) is 6.33. The van der Waals surface area contributed by atoms with Crippen molar-refractivity contribution < 1.29 is 0 Å². The molecule has 1 aliphatic carbocycles. The Morgan fingerprint density at radius 2 is 1.60 bits per heavy atom. The summed E-state index contributed by atoms with van der Waals surface area (Å²) in [7, 11) is 0. The molecule has 0 unspecified atom stereocenters. The summed E-state index contributed by atoms with van der Waals surface area (Å²) in [5, 5.41) is 2.71. The highest BCUT2D eigenvalue weighted by molar-refractivity contribution is 6.02. The van der Waals surface area contributed by atoms with Gasteiger partial charge in [-0.15, -0.1) is 0 Å². The van der Waals surface area contributed by atoms with Crippen molar-refractivity contribution in [1.82, 2.24) is 0 Å². The number of benzene rings is 3. The zero-order valence-corrected chi connectivity index (χ0v) is 12.2. The van der Waals surface area contributed by atoms with Crippen molar-refractivity contribution in [2.75, 3.05) is 0 Å². The largest absolute Gasteiger partial charge is 0.0616 e. The minimum Gasteiger partial charge on any atom is -0.0616 e. The third-order valence-electron chi connectivity index (χ3n) is 4.77. The van der Waals surface area contributed by atoms with Crippen LogP contribution in [-0.2, 0) is 5.41 Å². The van der Waals surface area contributed by atoms with E-state index in [1.165, 1.54) is 38.6 Å². The van der Waals surface area contributed by atoms with Gasteiger partial charge in [0.05, 0.1) is 0 Å². The van der Waals surface area contributed by atoms with Crippen LogP contribution in [0.2, 0.25) is 0 Å². The van der Waals surface area contributed by atoms with Crippen LogP contribution in [0.25, 0.3) is 21.9 Å². The fourth-order valence-corrected chi connectivity index (χ4v) is 3.92. The summed E-state index contributed by atoms with van der Waals surface area (Å²) >= 11 is 0. The first kappa shape index (κ1) is 11.7. The second-order valence-electron chi connectivity index (χ2n) is 6.33.